The van der Waals surface area contributed by atoms with Crippen molar-refractivity contribution in [3.05, 3.63) is 28.8 Å². The van der Waals surface area contributed by atoms with Crippen LogP contribution in [0.4, 0.5) is 5.69 Å². The predicted molar refractivity (Wildman–Crippen MR) is 71.5 cm³/mol. The smallest absolute Gasteiger partial charge is 0.252 e. The molecule has 18 heavy (non-hydrogen) atoms. The van der Waals surface area contributed by atoms with Gasteiger partial charge in [0, 0.05) is 11.3 Å². The Morgan fingerprint density at radius 2 is 2.06 bits per heavy atom. The van der Waals surface area contributed by atoms with Gasteiger partial charge in [0.15, 0.2) is 0 Å². The second-order valence-electron chi connectivity index (χ2n) is 5.27. The zero-order valence-corrected chi connectivity index (χ0v) is 10.9. The second-order valence-corrected chi connectivity index (χ2v) is 5.27. The van der Waals surface area contributed by atoms with Gasteiger partial charge in [0.2, 0.25) is 0 Å². The molecular formula is C14H20N2O2. The minimum atomic E-state index is -0.414. The third-order valence-corrected chi connectivity index (χ3v) is 3.85. The highest BCUT2D eigenvalue weighted by Gasteiger charge is 2.38. The molecule has 0 spiro atoms. The maximum absolute atomic E-state index is 12.2. The van der Waals surface area contributed by atoms with E-state index in [1.165, 1.54) is 0 Å². The van der Waals surface area contributed by atoms with E-state index >= 15 is 0 Å². The minimum absolute atomic E-state index is 0.000862. The molecule has 1 aliphatic rings. The quantitative estimate of drug-likeness (QED) is 0.710. The van der Waals surface area contributed by atoms with Gasteiger partial charge in [-0.2, -0.15) is 0 Å². The number of amides is 1. The maximum Gasteiger partial charge on any atom is 0.252 e. The Labute approximate surface area is 107 Å². The lowest BCUT2D eigenvalue weighted by Crippen LogP contribution is -2.56. The molecule has 0 aromatic heterocycles. The number of carbonyl (C=O) groups excluding carboxylic acids is 1. The maximum atomic E-state index is 12.2. The third kappa shape index (κ3) is 2.20. The van der Waals surface area contributed by atoms with Crippen LogP contribution in [-0.2, 0) is 0 Å². The number of nitrogens with two attached hydrogens (primary N) is 1. The van der Waals surface area contributed by atoms with E-state index < -0.39 is 5.54 Å². The van der Waals surface area contributed by atoms with Crippen molar-refractivity contribution in [2.24, 2.45) is 0 Å². The first-order chi connectivity index (χ1) is 8.47. The van der Waals surface area contributed by atoms with Crippen molar-refractivity contribution in [1.29, 1.82) is 0 Å². The summed E-state index contributed by atoms with van der Waals surface area (Å²) in [6.07, 6.45) is 2.74. The van der Waals surface area contributed by atoms with Gasteiger partial charge in [-0.15, -0.1) is 0 Å². The first-order valence-corrected chi connectivity index (χ1v) is 6.27. The number of aliphatic hydroxyl groups excluding tert-OH is 1. The first-order valence-electron chi connectivity index (χ1n) is 6.27. The summed E-state index contributed by atoms with van der Waals surface area (Å²) in [5.74, 6) is -0.145. The Balaban J connectivity index is 2.21. The van der Waals surface area contributed by atoms with Gasteiger partial charge in [-0.1, -0.05) is 6.07 Å². The number of nitrogen functional groups attached to an aromatic ring is 1. The van der Waals surface area contributed by atoms with Crippen LogP contribution in [0.25, 0.3) is 0 Å². The Morgan fingerprint density at radius 3 is 2.56 bits per heavy atom. The van der Waals surface area contributed by atoms with E-state index in [1.807, 2.05) is 19.9 Å². The zero-order chi connectivity index (χ0) is 13.3. The summed E-state index contributed by atoms with van der Waals surface area (Å²) in [7, 11) is 0. The molecule has 1 fully saturated rings. The predicted octanol–water partition coefficient (Wildman–Crippen LogP) is 1.53. The number of hydrogen-bond acceptors (Lipinski definition) is 3. The van der Waals surface area contributed by atoms with E-state index in [2.05, 4.69) is 5.32 Å². The van der Waals surface area contributed by atoms with Gasteiger partial charge in [0.25, 0.3) is 5.91 Å². The third-order valence-electron chi connectivity index (χ3n) is 3.85. The molecule has 0 atom stereocenters. The SMILES string of the molecule is Cc1cc(C)c(C(=O)NC2(CO)CCC2)cc1N. The van der Waals surface area contributed by atoms with Gasteiger partial charge in [0.1, 0.15) is 0 Å². The fraction of sp³-hybridized carbons (Fsp3) is 0.500. The topological polar surface area (TPSA) is 75.3 Å². The molecule has 98 valence electrons. The molecule has 0 saturated heterocycles. The summed E-state index contributed by atoms with van der Waals surface area (Å²) < 4.78 is 0. The van der Waals surface area contributed by atoms with Gasteiger partial charge < -0.3 is 16.2 Å². The monoisotopic (exact) mass is 248 g/mol. The molecule has 1 aliphatic carbocycles. The minimum Gasteiger partial charge on any atom is -0.398 e. The molecule has 4 N–H and O–H groups in total. The van der Waals surface area contributed by atoms with Crippen LogP contribution in [-0.4, -0.2) is 23.2 Å². The second kappa shape index (κ2) is 4.61. The summed E-state index contributed by atoms with van der Waals surface area (Å²) in [5, 5.41) is 12.3. The fourth-order valence-corrected chi connectivity index (χ4v) is 2.35. The van der Waals surface area contributed by atoms with E-state index in [0.717, 1.165) is 30.4 Å². The fourth-order valence-electron chi connectivity index (χ4n) is 2.35. The van der Waals surface area contributed by atoms with Crippen LogP contribution in [0.15, 0.2) is 12.1 Å². The Kier molecular flexibility index (Phi) is 3.30. The van der Waals surface area contributed by atoms with Crippen molar-refractivity contribution in [3.8, 4) is 0 Å². The standard InChI is InChI=1S/C14H20N2O2/c1-9-6-10(2)12(15)7-11(9)13(18)16-14(8-17)4-3-5-14/h6-7,17H,3-5,8,15H2,1-2H3,(H,16,18). The Bertz CT molecular complexity index is 473. The molecule has 0 aliphatic heterocycles. The van der Waals surface area contributed by atoms with Crippen LogP contribution in [0.1, 0.15) is 40.7 Å². The molecule has 1 aromatic carbocycles. The molecule has 0 heterocycles. The number of hydrogen-bond donors (Lipinski definition) is 3. The van der Waals surface area contributed by atoms with Gasteiger partial charge in [-0.05, 0) is 50.3 Å². The molecule has 2 rings (SSSR count). The van der Waals surface area contributed by atoms with Gasteiger partial charge in [-0.3, -0.25) is 4.79 Å². The van der Waals surface area contributed by atoms with Crippen LogP contribution in [0, 0.1) is 13.8 Å². The zero-order valence-electron chi connectivity index (χ0n) is 10.9. The molecule has 4 nitrogen and oxygen atoms in total. The molecular weight excluding hydrogens is 228 g/mol. The number of anilines is 1. The number of aryl methyl sites for hydroxylation is 2. The molecule has 1 saturated carbocycles. The highest BCUT2D eigenvalue weighted by Crippen LogP contribution is 2.31. The normalized spacial score (nSPS) is 17.1. The van der Waals surface area contributed by atoms with Crippen LogP contribution in [0.5, 0.6) is 0 Å². The molecule has 0 radical (unpaired) electrons. The highest BCUT2D eigenvalue weighted by molar-refractivity contribution is 5.97. The first kappa shape index (κ1) is 12.9. The van der Waals surface area contributed by atoms with E-state index in [9.17, 15) is 9.90 Å². The molecule has 0 bridgehead atoms. The van der Waals surface area contributed by atoms with E-state index in [1.54, 1.807) is 6.07 Å². The number of rotatable bonds is 3. The van der Waals surface area contributed by atoms with Crippen molar-refractivity contribution in [2.45, 2.75) is 38.6 Å². The summed E-state index contributed by atoms with van der Waals surface area (Å²) >= 11 is 0. The summed E-state index contributed by atoms with van der Waals surface area (Å²) in [6, 6.07) is 3.63. The lowest BCUT2D eigenvalue weighted by atomic mass is 9.77. The lowest BCUT2D eigenvalue weighted by molar-refractivity contribution is 0.0641. The lowest BCUT2D eigenvalue weighted by Gasteiger charge is -2.41. The number of aliphatic hydroxyl groups is 1. The van der Waals surface area contributed by atoms with Crippen LogP contribution in [0.3, 0.4) is 0 Å². The van der Waals surface area contributed by atoms with Crippen molar-refractivity contribution in [2.75, 3.05) is 12.3 Å². The van der Waals surface area contributed by atoms with Crippen molar-refractivity contribution in [1.82, 2.24) is 5.32 Å². The van der Waals surface area contributed by atoms with Gasteiger partial charge >= 0.3 is 0 Å². The highest BCUT2D eigenvalue weighted by atomic mass is 16.3. The number of nitrogens with one attached hydrogen (secondary N) is 1. The average molecular weight is 248 g/mol. The Morgan fingerprint density at radius 1 is 1.39 bits per heavy atom. The molecule has 0 unspecified atom stereocenters. The van der Waals surface area contributed by atoms with E-state index in [0.29, 0.717) is 11.3 Å². The number of carbonyl (C=O) groups is 1. The molecule has 1 amide bonds. The Hall–Kier alpha value is -1.55. The number of benzene rings is 1. The summed E-state index contributed by atoms with van der Waals surface area (Å²) in [5.41, 5.74) is 8.53. The average Bonchev–Trinajstić information content (AvgIpc) is 2.28. The summed E-state index contributed by atoms with van der Waals surface area (Å²) in [4.78, 5) is 12.2. The molecule has 4 heteroatoms. The molecule has 1 aromatic rings. The van der Waals surface area contributed by atoms with E-state index in [4.69, 9.17) is 5.73 Å². The largest absolute Gasteiger partial charge is 0.398 e. The summed E-state index contributed by atoms with van der Waals surface area (Å²) in [6.45, 7) is 3.82. The van der Waals surface area contributed by atoms with Crippen molar-refractivity contribution in [3.63, 3.8) is 0 Å². The van der Waals surface area contributed by atoms with Crippen LogP contribution < -0.4 is 11.1 Å². The van der Waals surface area contributed by atoms with Crippen LogP contribution in [0.2, 0.25) is 0 Å². The van der Waals surface area contributed by atoms with Gasteiger partial charge in [-0.25, -0.2) is 0 Å². The van der Waals surface area contributed by atoms with Gasteiger partial charge in [0.05, 0.1) is 12.1 Å². The van der Waals surface area contributed by atoms with Crippen molar-refractivity contribution >= 4 is 11.6 Å². The van der Waals surface area contributed by atoms with E-state index in [-0.39, 0.29) is 12.5 Å². The van der Waals surface area contributed by atoms with Crippen LogP contribution >= 0.6 is 0 Å². The van der Waals surface area contributed by atoms with Crippen molar-refractivity contribution < 1.29 is 9.90 Å².